The van der Waals surface area contributed by atoms with Crippen molar-refractivity contribution in [3.63, 3.8) is 0 Å². The van der Waals surface area contributed by atoms with Crippen LogP contribution in [0, 0.1) is 0 Å². The smallest absolute Gasteiger partial charge is 0.408 e. The van der Waals surface area contributed by atoms with Crippen molar-refractivity contribution in [3.05, 3.63) is 35.9 Å². The summed E-state index contributed by atoms with van der Waals surface area (Å²) in [4.78, 5) is 22.9. The Morgan fingerprint density at radius 2 is 1.78 bits per heavy atom. The molecule has 2 N–H and O–H groups in total. The third-order valence-corrected chi connectivity index (χ3v) is 3.29. The monoisotopic (exact) mass is 321 g/mol. The van der Waals surface area contributed by atoms with Crippen LogP contribution in [-0.2, 0) is 16.0 Å². The van der Waals surface area contributed by atoms with Crippen molar-refractivity contribution >= 4 is 12.1 Å². The minimum Gasteiger partial charge on any atom is -0.480 e. The third-order valence-electron chi connectivity index (χ3n) is 3.29. The van der Waals surface area contributed by atoms with E-state index in [2.05, 4.69) is 17.4 Å². The minimum absolute atomic E-state index is 0.406. The topological polar surface area (TPSA) is 75.6 Å². The number of alkyl carbamates (subject to hydrolysis) is 1. The summed E-state index contributed by atoms with van der Waals surface area (Å²) < 4.78 is 5.09. The number of hydrogen-bond acceptors (Lipinski definition) is 3. The maximum absolute atomic E-state index is 11.7. The molecule has 1 aromatic rings. The van der Waals surface area contributed by atoms with Gasteiger partial charge < -0.3 is 15.2 Å². The molecule has 0 aromatic heterocycles. The Bertz CT molecular complexity index is 493. The number of aryl methyl sites for hydroxylation is 1. The van der Waals surface area contributed by atoms with Gasteiger partial charge in [0.2, 0.25) is 0 Å². The number of nitrogens with one attached hydrogen (secondary N) is 1. The summed E-state index contributed by atoms with van der Waals surface area (Å²) >= 11 is 0. The first-order valence-corrected chi connectivity index (χ1v) is 8.04. The van der Waals surface area contributed by atoms with Gasteiger partial charge in [0, 0.05) is 0 Å². The summed E-state index contributed by atoms with van der Waals surface area (Å²) in [6.07, 6.45) is 3.38. The number of hydrogen-bond donors (Lipinski definition) is 2. The molecule has 23 heavy (non-hydrogen) atoms. The molecule has 1 amide bonds. The van der Waals surface area contributed by atoms with Crippen LogP contribution in [-0.4, -0.2) is 28.8 Å². The second kappa shape index (κ2) is 9.18. The Morgan fingerprint density at radius 3 is 2.35 bits per heavy atom. The summed E-state index contributed by atoms with van der Waals surface area (Å²) in [6.45, 7) is 5.23. The van der Waals surface area contributed by atoms with Gasteiger partial charge in [0.15, 0.2) is 0 Å². The average Bonchev–Trinajstić information content (AvgIpc) is 2.44. The number of carbonyl (C=O) groups excluding carboxylic acids is 1. The molecule has 0 unspecified atom stereocenters. The number of carboxylic acids is 1. The minimum atomic E-state index is -1.03. The molecule has 0 radical (unpaired) electrons. The molecular weight excluding hydrogens is 294 g/mol. The van der Waals surface area contributed by atoms with Gasteiger partial charge in [0.05, 0.1) is 0 Å². The number of ether oxygens (including phenoxy) is 1. The lowest BCUT2D eigenvalue weighted by molar-refractivity contribution is -0.139. The fourth-order valence-electron chi connectivity index (χ4n) is 2.21. The van der Waals surface area contributed by atoms with Gasteiger partial charge >= 0.3 is 12.1 Å². The van der Waals surface area contributed by atoms with E-state index in [1.54, 1.807) is 20.8 Å². The molecular formula is C18H27NO4. The largest absolute Gasteiger partial charge is 0.480 e. The number of rotatable bonds is 8. The number of carboxylic acid groups (broad SMARTS) is 1. The molecule has 0 bridgehead atoms. The van der Waals surface area contributed by atoms with Crippen LogP contribution in [0.15, 0.2) is 30.3 Å². The maximum Gasteiger partial charge on any atom is 0.408 e. The van der Waals surface area contributed by atoms with Crippen molar-refractivity contribution in [2.24, 2.45) is 0 Å². The lowest BCUT2D eigenvalue weighted by Gasteiger charge is -2.22. The van der Waals surface area contributed by atoms with Crippen LogP contribution in [0.5, 0.6) is 0 Å². The van der Waals surface area contributed by atoms with Crippen molar-refractivity contribution in [3.8, 4) is 0 Å². The molecule has 0 aliphatic carbocycles. The second-order valence-corrected chi connectivity index (χ2v) is 6.62. The van der Waals surface area contributed by atoms with Crippen LogP contribution in [0.25, 0.3) is 0 Å². The Morgan fingerprint density at radius 1 is 1.13 bits per heavy atom. The van der Waals surface area contributed by atoms with Gasteiger partial charge in [-0.15, -0.1) is 0 Å². The first-order valence-electron chi connectivity index (χ1n) is 8.04. The van der Waals surface area contributed by atoms with E-state index in [0.717, 1.165) is 25.7 Å². The molecule has 0 heterocycles. The quantitative estimate of drug-likeness (QED) is 0.715. The SMILES string of the molecule is CC(C)(C)OC(=O)N[C@@H](CCCCCc1ccccc1)C(=O)O. The summed E-state index contributed by atoms with van der Waals surface area (Å²) in [5.41, 5.74) is 0.650. The molecule has 128 valence electrons. The van der Waals surface area contributed by atoms with E-state index < -0.39 is 23.7 Å². The van der Waals surface area contributed by atoms with E-state index in [9.17, 15) is 14.7 Å². The van der Waals surface area contributed by atoms with Gasteiger partial charge in [-0.05, 0) is 45.6 Å². The zero-order valence-electron chi connectivity index (χ0n) is 14.2. The first-order chi connectivity index (χ1) is 10.8. The van der Waals surface area contributed by atoms with E-state index in [1.165, 1.54) is 5.56 Å². The van der Waals surface area contributed by atoms with Gasteiger partial charge in [-0.3, -0.25) is 0 Å². The molecule has 0 saturated carbocycles. The predicted molar refractivity (Wildman–Crippen MR) is 89.4 cm³/mol. The van der Waals surface area contributed by atoms with Crippen molar-refractivity contribution < 1.29 is 19.4 Å². The zero-order chi connectivity index (χ0) is 17.3. The number of amides is 1. The van der Waals surface area contributed by atoms with Gasteiger partial charge in [0.1, 0.15) is 11.6 Å². The van der Waals surface area contributed by atoms with Crippen LogP contribution in [0.4, 0.5) is 4.79 Å². The van der Waals surface area contributed by atoms with Crippen molar-refractivity contribution in [1.29, 1.82) is 0 Å². The highest BCUT2D eigenvalue weighted by molar-refractivity contribution is 5.79. The van der Waals surface area contributed by atoms with Crippen LogP contribution in [0.3, 0.4) is 0 Å². The molecule has 1 atom stereocenters. The number of benzene rings is 1. The van der Waals surface area contributed by atoms with E-state index in [0.29, 0.717) is 6.42 Å². The average molecular weight is 321 g/mol. The molecule has 0 fully saturated rings. The van der Waals surface area contributed by atoms with Gasteiger partial charge in [-0.2, -0.15) is 0 Å². The van der Waals surface area contributed by atoms with Gasteiger partial charge in [-0.1, -0.05) is 43.2 Å². The van der Waals surface area contributed by atoms with Crippen molar-refractivity contribution in [2.45, 2.75) is 64.5 Å². The molecule has 0 aliphatic rings. The Labute approximate surface area is 138 Å². The standard InChI is InChI=1S/C18H27NO4/c1-18(2,3)23-17(22)19-15(16(20)21)13-9-5-8-12-14-10-6-4-7-11-14/h4,6-7,10-11,15H,5,8-9,12-13H2,1-3H3,(H,19,22)(H,20,21)/t15-/m0/s1. The van der Waals surface area contributed by atoms with Gasteiger partial charge in [0.25, 0.3) is 0 Å². The molecule has 5 heteroatoms. The molecule has 1 aromatic carbocycles. The molecule has 0 spiro atoms. The number of carbonyl (C=O) groups is 2. The summed E-state index contributed by atoms with van der Waals surface area (Å²) in [6, 6.07) is 9.29. The molecule has 1 rings (SSSR count). The first kappa shape index (κ1) is 19.0. The lowest BCUT2D eigenvalue weighted by Crippen LogP contribution is -2.43. The molecule has 0 saturated heterocycles. The lowest BCUT2D eigenvalue weighted by atomic mass is 10.0. The van der Waals surface area contributed by atoms with Crippen LogP contribution >= 0.6 is 0 Å². The van der Waals surface area contributed by atoms with E-state index >= 15 is 0 Å². The highest BCUT2D eigenvalue weighted by Gasteiger charge is 2.23. The van der Waals surface area contributed by atoms with Crippen LogP contribution < -0.4 is 5.32 Å². The van der Waals surface area contributed by atoms with Gasteiger partial charge in [-0.25, -0.2) is 9.59 Å². The predicted octanol–water partition coefficient (Wildman–Crippen LogP) is 3.77. The number of aliphatic carboxylic acids is 1. The van der Waals surface area contributed by atoms with E-state index in [4.69, 9.17) is 4.74 Å². The second-order valence-electron chi connectivity index (χ2n) is 6.62. The normalized spacial score (nSPS) is 12.5. The van der Waals surface area contributed by atoms with E-state index in [-0.39, 0.29) is 0 Å². The van der Waals surface area contributed by atoms with Crippen molar-refractivity contribution in [1.82, 2.24) is 5.32 Å². The van der Waals surface area contributed by atoms with Crippen molar-refractivity contribution in [2.75, 3.05) is 0 Å². The highest BCUT2D eigenvalue weighted by Crippen LogP contribution is 2.11. The van der Waals surface area contributed by atoms with Crippen LogP contribution in [0.2, 0.25) is 0 Å². The Balaban J connectivity index is 2.28. The maximum atomic E-state index is 11.7. The van der Waals surface area contributed by atoms with E-state index in [1.807, 2.05) is 18.2 Å². The molecule has 0 aliphatic heterocycles. The van der Waals surface area contributed by atoms with Crippen LogP contribution in [0.1, 0.15) is 52.0 Å². The molecule has 5 nitrogen and oxygen atoms in total. The fourth-order valence-corrected chi connectivity index (χ4v) is 2.21. The highest BCUT2D eigenvalue weighted by atomic mass is 16.6. The number of unbranched alkanes of at least 4 members (excludes halogenated alkanes) is 2. The third kappa shape index (κ3) is 8.86. The fraction of sp³-hybridized carbons (Fsp3) is 0.556. The summed E-state index contributed by atoms with van der Waals surface area (Å²) in [5.74, 6) is -1.03. The Kier molecular flexibility index (Phi) is 7.59. The Hall–Kier alpha value is -2.04. The summed E-state index contributed by atoms with van der Waals surface area (Å²) in [7, 11) is 0. The zero-order valence-corrected chi connectivity index (χ0v) is 14.2. The summed E-state index contributed by atoms with van der Waals surface area (Å²) in [5, 5.41) is 11.6.